The van der Waals surface area contributed by atoms with Crippen LogP contribution >= 0.6 is 0 Å². The van der Waals surface area contributed by atoms with Crippen molar-refractivity contribution in [2.45, 2.75) is 32.1 Å². The molecule has 1 aromatic carbocycles. The van der Waals surface area contributed by atoms with Gasteiger partial charge in [-0.05, 0) is 23.6 Å². The smallest absolute Gasteiger partial charge is 0.0477 e. The minimum absolute atomic E-state index is 0.210. The highest BCUT2D eigenvalue weighted by Gasteiger charge is 2.31. The largest absolute Gasteiger partial charge is 0.396 e. The molecule has 18 heavy (non-hydrogen) atoms. The first kappa shape index (κ1) is 13.6. The highest BCUT2D eigenvalue weighted by atomic mass is 16.3. The van der Waals surface area contributed by atoms with Crippen LogP contribution in [-0.2, 0) is 5.41 Å². The Kier molecular flexibility index (Phi) is 3.79. The van der Waals surface area contributed by atoms with Gasteiger partial charge in [0, 0.05) is 31.5 Å². The molecule has 1 N–H and O–H groups in total. The van der Waals surface area contributed by atoms with Gasteiger partial charge in [0.1, 0.15) is 0 Å². The SMILES string of the molecule is CN1C[C@H](CO)[C@@H](c2ccc(C(C)(C)C)cc2)C1. The molecule has 1 aliphatic heterocycles. The monoisotopic (exact) mass is 247 g/mol. The lowest BCUT2D eigenvalue weighted by atomic mass is 9.84. The van der Waals surface area contributed by atoms with Crippen molar-refractivity contribution in [2.24, 2.45) is 5.92 Å². The quantitative estimate of drug-likeness (QED) is 0.868. The van der Waals surface area contributed by atoms with Crippen molar-refractivity contribution >= 4 is 0 Å². The van der Waals surface area contributed by atoms with Crippen LogP contribution in [0.15, 0.2) is 24.3 Å². The summed E-state index contributed by atoms with van der Waals surface area (Å²) in [6, 6.07) is 8.96. The van der Waals surface area contributed by atoms with Gasteiger partial charge in [-0.15, -0.1) is 0 Å². The number of likely N-dealkylation sites (N-methyl/N-ethyl adjacent to an activating group) is 1. The lowest BCUT2D eigenvalue weighted by molar-refractivity contribution is 0.219. The molecule has 1 aromatic rings. The number of benzene rings is 1. The lowest BCUT2D eigenvalue weighted by Gasteiger charge is -2.21. The second kappa shape index (κ2) is 5.02. The normalized spacial score (nSPS) is 25.6. The molecule has 0 bridgehead atoms. The molecular formula is C16H25NO. The number of hydrogen-bond acceptors (Lipinski definition) is 2. The molecule has 2 atom stereocenters. The molecule has 0 aliphatic carbocycles. The highest BCUT2D eigenvalue weighted by Crippen LogP contribution is 2.32. The van der Waals surface area contributed by atoms with Crippen molar-refractivity contribution < 1.29 is 5.11 Å². The van der Waals surface area contributed by atoms with Gasteiger partial charge in [-0.25, -0.2) is 0 Å². The standard InChI is InChI=1S/C16H25NO/c1-16(2,3)14-7-5-12(6-8-14)15-10-17(4)9-13(15)11-18/h5-8,13,15,18H,9-11H2,1-4H3/t13-,15-/m1/s1. The van der Waals surface area contributed by atoms with E-state index in [1.165, 1.54) is 11.1 Å². The molecule has 100 valence electrons. The molecule has 1 fully saturated rings. The Labute approximate surface area is 111 Å². The molecule has 0 amide bonds. The average Bonchev–Trinajstić information content (AvgIpc) is 2.69. The Bertz CT molecular complexity index is 391. The summed E-state index contributed by atoms with van der Waals surface area (Å²) in [6.45, 7) is 9.06. The van der Waals surface area contributed by atoms with E-state index in [2.05, 4.69) is 57.0 Å². The van der Waals surface area contributed by atoms with Crippen LogP contribution in [0.3, 0.4) is 0 Å². The molecule has 1 aliphatic rings. The molecule has 0 aromatic heterocycles. The third-order valence-corrected chi connectivity index (χ3v) is 4.06. The molecule has 1 saturated heterocycles. The van der Waals surface area contributed by atoms with Gasteiger partial charge in [0.05, 0.1) is 0 Å². The molecule has 1 heterocycles. The van der Waals surface area contributed by atoms with Crippen molar-refractivity contribution in [2.75, 3.05) is 26.7 Å². The van der Waals surface area contributed by atoms with Gasteiger partial charge >= 0.3 is 0 Å². The number of likely N-dealkylation sites (tertiary alicyclic amines) is 1. The summed E-state index contributed by atoms with van der Waals surface area (Å²) in [6.07, 6.45) is 0. The fourth-order valence-corrected chi connectivity index (χ4v) is 2.88. The Morgan fingerprint density at radius 3 is 2.28 bits per heavy atom. The van der Waals surface area contributed by atoms with Crippen LogP contribution in [0.1, 0.15) is 37.8 Å². The second-order valence-electron chi connectivity index (χ2n) is 6.64. The predicted octanol–water partition coefficient (Wildman–Crippen LogP) is 2.62. The van der Waals surface area contributed by atoms with E-state index in [0.29, 0.717) is 11.8 Å². The zero-order valence-electron chi connectivity index (χ0n) is 12.0. The van der Waals surface area contributed by atoms with E-state index < -0.39 is 0 Å². The van der Waals surface area contributed by atoms with Crippen LogP contribution in [0.4, 0.5) is 0 Å². The summed E-state index contributed by atoms with van der Waals surface area (Å²) < 4.78 is 0. The van der Waals surface area contributed by atoms with Gasteiger partial charge in [0.15, 0.2) is 0 Å². The highest BCUT2D eigenvalue weighted by molar-refractivity contribution is 5.30. The summed E-state index contributed by atoms with van der Waals surface area (Å²) in [4.78, 5) is 2.31. The predicted molar refractivity (Wildman–Crippen MR) is 76.0 cm³/mol. The molecule has 2 nitrogen and oxygen atoms in total. The molecule has 2 heteroatoms. The van der Waals surface area contributed by atoms with Crippen LogP contribution in [0.2, 0.25) is 0 Å². The summed E-state index contributed by atoms with van der Waals surface area (Å²) in [5.41, 5.74) is 2.95. The molecule has 2 rings (SSSR count). The average molecular weight is 247 g/mol. The molecule has 0 radical (unpaired) electrons. The van der Waals surface area contributed by atoms with E-state index >= 15 is 0 Å². The van der Waals surface area contributed by atoms with E-state index in [-0.39, 0.29) is 12.0 Å². The Morgan fingerprint density at radius 2 is 1.78 bits per heavy atom. The Morgan fingerprint density at radius 1 is 1.17 bits per heavy atom. The van der Waals surface area contributed by atoms with Crippen LogP contribution in [0.25, 0.3) is 0 Å². The maximum absolute atomic E-state index is 9.47. The third kappa shape index (κ3) is 2.76. The fourth-order valence-electron chi connectivity index (χ4n) is 2.88. The van der Waals surface area contributed by atoms with E-state index in [4.69, 9.17) is 0 Å². The van der Waals surface area contributed by atoms with Gasteiger partial charge < -0.3 is 10.0 Å². The van der Waals surface area contributed by atoms with Gasteiger partial charge in [0.25, 0.3) is 0 Å². The molecule has 0 unspecified atom stereocenters. The second-order valence-corrected chi connectivity index (χ2v) is 6.64. The van der Waals surface area contributed by atoms with Crippen molar-refractivity contribution in [3.8, 4) is 0 Å². The maximum Gasteiger partial charge on any atom is 0.0477 e. The first-order chi connectivity index (χ1) is 8.41. The minimum Gasteiger partial charge on any atom is -0.396 e. The number of hydrogen-bond donors (Lipinski definition) is 1. The lowest BCUT2D eigenvalue weighted by Crippen LogP contribution is -2.16. The summed E-state index contributed by atoms with van der Waals surface area (Å²) in [5, 5.41) is 9.47. The minimum atomic E-state index is 0.210. The number of aliphatic hydroxyl groups excluding tert-OH is 1. The Hall–Kier alpha value is -0.860. The number of rotatable bonds is 2. The van der Waals surface area contributed by atoms with Gasteiger partial charge in [-0.1, -0.05) is 45.0 Å². The van der Waals surface area contributed by atoms with Gasteiger partial charge in [-0.3, -0.25) is 0 Å². The van der Waals surface area contributed by atoms with Crippen LogP contribution < -0.4 is 0 Å². The third-order valence-electron chi connectivity index (χ3n) is 4.06. The van der Waals surface area contributed by atoms with Gasteiger partial charge in [0.2, 0.25) is 0 Å². The Balaban J connectivity index is 2.19. The zero-order chi connectivity index (χ0) is 13.3. The topological polar surface area (TPSA) is 23.5 Å². The van der Waals surface area contributed by atoms with Crippen molar-refractivity contribution in [1.82, 2.24) is 4.90 Å². The van der Waals surface area contributed by atoms with E-state index in [1.807, 2.05) is 0 Å². The first-order valence-corrected chi connectivity index (χ1v) is 6.81. The maximum atomic E-state index is 9.47. The van der Waals surface area contributed by atoms with Crippen molar-refractivity contribution in [3.05, 3.63) is 35.4 Å². The van der Waals surface area contributed by atoms with Crippen LogP contribution in [-0.4, -0.2) is 36.8 Å². The van der Waals surface area contributed by atoms with Gasteiger partial charge in [-0.2, -0.15) is 0 Å². The summed E-state index contributed by atoms with van der Waals surface area (Å²) in [5.74, 6) is 0.865. The summed E-state index contributed by atoms with van der Waals surface area (Å²) in [7, 11) is 2.13. The number of nitrogens with zero attached hydrogens (tertiary/aromatic N) is 1. The van der Waals surface area contributed by atoms with E-state index in [9.17, 15) is 5.11 Å². The first-order valence-electron chi connectivity index (χ1n) is 6.81. The molecule has 0 spiro atoms. The van der Waals surface area contributed by atoms with Crippen molar-refractivity contribution in [1.29, 1.82) is 0 Å². The molecule has 0 saturated carbocycles. The summed E-state index contributed by atoms with van der Waals surface area (Å²) >= 11 is 0. The zero-order valence-corrected chi connectivity index (χ0v) is 12.0. The molecular weight excluding hydrogens is 222 g/mol. The van der Waals surface area contributed by atoms with E-state index in [0.717, 1.165) is 13.1 Å². The van der Waals surface area contributed by atoms with E-state index in [1.54, 1.807) is 0 Å². The van der Waals surface area contributed by atoms with Crippen molar-refractivity contribution in [3.63, 3.8) is 0 Å². The van der Waals surface area contributed by atoms with Crippen LogP contribution in [0, 0.1) is 5.92 Å². The van der Waals surface area contributed by atoms with Crippen LogP contribution in [0.5, 0.6) is 0 Å². The fraction of sp³-hybridized carbons (Fsp3) is 0.625. The number of aliphatic hydroxyl groups is 1.